The molecule has 118 valence electrons. The SMILES string of the molecule is CCC(CC)N(CCO)C(=O)CN(C)C(=O)c1ccco1. The largest absolute Gasteiger partial charge is 0.459 e. The summed E-state index contributed by atoms with van der Waals surface area (Å²) in [6, 6.07) is 3.28. The summed E-state index contributed by atoms with van der Waals surface area (Å²) in [5.41, 5.74) is 0. The van der Waals surface area contributed by atoms with Crippen LogP contribution in [0, 0.1) is 0 Å². The Bertz CT molecular complexity index is 441. The highest BCUT2D eigenvalue weighted by molar-refractivity contribution is 5.94. The van der Waals surface area contributed by atoms with E-state index < -0.39 is 0 Å². The summed E-state index contributed by atoms with van der Waals surface area (Å²) in [7, 11) is 1.56. The third-order valence-corrected chi connectivity index (χ3v) is 3.50. The summed E-state index contributed by atoms with van der Waals surface area (Å²) < 4.78 is 5.04. The van der Waals surface area contributed by atoms with Gasteiger partial charge in [-0.25, -0.2) is 0 Å². The molecule has 1 rings (SSSR count). The fourth-order valence-corrected chi connectivity index (χ4v) is 2.30. The van der Waals surface area contributed by atoms with Crippen LogP contribution in [0.15, 0.2) is 22.8 Å². The Morgan fingerprint density at radius 2 is 2.00 bits per heavy atom. The summed E-state index contributed by atoms with van der Waals surface area (Å²) in [6.45, 7) is 4.18. The highest BCUT2D eigenvalue weighted by atomic mass is 16.3. The highest BCUT2D eigenvalue weighted by Crippen LogP contribution is 2.10. The average molecular weight is 296 g/mol. The van der Waals surface area contributed by atoms with E-state index in [1.165, 1.54) is 11.2 Å². The zero-order valence-corrected chi connectivity index (χ0v) is 12.9. The Labute approximate surface area is 125 Å². The van der Waals surface area contributed by atoms with E-state index in [0.29, 0.717) is 0 Å². The van der Waals surface area contributed by atoms with Gasteiger partial charge in [0.15, 0.2) is 5.76 Å². The molecule has 0 aliphatic carbocycles. The summed E-state index contributed by atoms with van der Waals surface area (Å²) in [6.07, 6.45) is 3.06. The normalized spacial score (nSPS) is 10.7. The van der Waals surface area contributed by atoms with Crippen LogP contribution in [0.2, 0.25) is 0 Å². The first-order chi connectivity index (χ1) is 10.0. The maximum atomic E-state index is 12.4. The van der Waals surface area contributed by atoms with Crippen molar-refractivity contribution in [3.8, 4) is 0 Å². The molecule has 0 saturated heterocycles. The lowest BCUT2D eigenvalue weighted by atomic mass is 10.1. The molecule has 0 aromatic carbocycles. The fourth-order valence-electron chi connectivity index (χ4n) is 2.30. The molecular weight excluding hydrogens is 272 g/mol. The average Bonchev–Trinajstić information content (AvgIpc) is 3.00. The van der Waals surface area contributed by atoms with E-state index in [0.717, 1.165) is 12.8 Å². The predicted octanol–water partition coefficient (Wildman–Crippen LogP) is 1.36. The number of aliphatic hydroxyl groups is 1. The Kier molecular flexibility index (Phi) is 6.94. The zero-order valence-electron chi connectivity index (χ0n) is 12.9. The van der Waals surface area contributed by atoms with Gasteiger partial charge >= 0.3 is 0 Å². The number of amides is 2. The summed E-state index contributed by atoms with van der Waals surface area (Å²) >= 11 is 0. The van der Waals surface area contributed by atoms with E-state index in [-0.39, 0.29) is 43.3 Å². The number of furan rings is 1. The molecule has 0 atom stereocenters. The smallest absolute Gasteiger partial charge is 0.289 e. The molecule has 1 aromatic rings. The fraction of sp³-hybridized carbons (Fsp3) is 0.600. The topological polar surface area (TPSA) is 74.0 Å². The molecule has 0 radical (unpaired) electrons. The van der Waals surface area contributed by atoms with Gasteiger partial charge in [-0.05, 0) is 25.0 Å². The van der Waals surface area contributed by atoms with Crippen LogP contribution in [-0.2, 0) is 4.79 Å². The number of nitrogens with zero attached hydrogens (tertiary/aromatic N) is 2. The molecule has 0 unspecified atom stereocenters. The maximum absolute atomic E-state index is 12.4. The van der Waals surface area contributed by atoms with Crippen LogP contribution in [0.25, 0.3) is 0 Å². The van der Waals surface area contributed by atoms with Crippen molar-refractivity contribution in [2.75, 3.05) is 26.7 Å². The Morgan fingerprint density at radius 1 is 1.33 bits per heavy atom. The van der Waals surface area contributed by atoms with Crippen LogP contribution in [0.5, 0.6) is 0 Å². The van der Waals surface area contributed by atoms with Gasteiger partial charge in [0.05, 0.1) is 19.4 Å². The van der Waals surface area contributed by atoms with Crippen molar-refractivity contribution in [2.24, 2.45) is 0 Å². The van der Waals surface area contributed by atoms with Gasteiger partial charge in [-0.15, -0.1) is 0 Å². The number of carbonyl (C=O) groups is 2. The Balaban J connectivity index is 2.69. The second-order valence-electron chi connectivity index (χ2n) is 4.92. The number of rotatable bonds is 8. The number of carbonyl (C=O) groups excluding carboxylic acids is 2. The molecule has 1 aromatic heterocycles. The molecule has 0 aliphatic rings. The standard InChI is InChI=1S/C15H24N2O4/c1-4-12(5-2)17(8-9-18)14(19)11-16(3)15(20)13-7-6-10-21-13/h6-7,10,12,18H,4-5,8-9,11H2,1-3H3. The van der Waals surface area contributed by atoms with Crippen LogP contribution in [0.1, 0.15) is 37.2 Å². The molecule has 1 N–H and O–H groups in total. The quantitative estimate of drug-likeness (QED) is 0.786. The second kappa shape index (κ2) is 8.46. The van der Waals surface area contributed by atoms with Gasteiger partial charge in [-0.2, -0.15) is 0 Å². The minimum atomic E-state index is -0.332. The Morgan fingerprint density at radius 3 is 2.48 bits per heavy atom. The van der Waals surface area contributed by atoms with Crippen molar-refractivity contribution in [1.82, 2.24) is 9.80 Å². The van der Waals surface area contributed by atoms with E-state index in [4.69, 9.17) is 9.52 Å². The van der Waals surface area contributed by atoms with Gasteiger partial charge < -0.3 is 19.3 Å². The summed E-state index contributed by atoms with van der Waals surface area (Å²) in [4.78, 5) is 27.4. The van der Waals surface area contributed by atoms with E-state index >= 15 is 0 Å². The lowest BCUT2D eigenvalue weighted by Gasteiger charge is -2.31. The molecule has 0 aliphatic heterocycles. The molecule has 0 bridgehead atoms. The number of hydrogen-bond donors (Lipinski definition) is 1. The van der Waals surface area contributed by atoms with E-state index in [1.807, 2.05) is 13.8 Å². The van der Waals surface area contributed by atoms with Gasteiger partial charge in [0.25, 0.3) is 5.91 Å². The number of hydrogen-bond acceptors (Lipinski definition) is 4. The van der Waals surface area contributed by atoms with E-state index in [9.17, 15) is 9.59 Å². The molecule has 6 heteroatoms. The minimum absolute atomic E-state index is 0.0317. The van der Waals surface area contributed by atoms with Crippen molar-refractivity contribution >= 4 is 11.8 Å². The maximum Gasteiger partial charge on any atom is 0.289 e. The second-order valence-corrected chi connectivity index (χ2v) is 4.92. The van der Waals surface area contributed by atoms with Gasteiger partial charge in [0, 0.05) is 19.6 Å². The monoisotopic (exact) mass is 296 g/mol. The van der Waals surface area contributed by atoms with Crippen molar-refractivity contribution in [1.29, 1.82) is 0 Å². The lowest BCUT2D eigenvalue weighted by Crippen LogP contribution is -2.47. The molecule has 0 spiro atoms. The minimum Gasteiger partial charge on any atom is -0.459 e. The van der Waals surface area contributed by atoms with Crippen LogP contribution < -0.4 is 0 Å². The zero-order chi connectivity index (χ0) is 15.8. The summed E-state index contributed by atoms with van der Waals surface area (Å²) in [5.74, 6) is -0.288. The van der Waals surface area contributed by atoms with Crippen molar-refractivity contribution in [3.05, 3.63) is 24.2 Å². The third-order valence-electron chi connectivity index (χ3n) is 3.50. The van der Waals surface area contributed by atoms with Crippen LogP contribution in [0.3, 0.4) is 0 Å². The summed E-state index contributed by atoms with van der Waals surface area (Å²) in [5, 5.41) is 9.13. The first kappa shape index (κ1) is 17.2. The van der Waals surface area contributed by atoms with Gasteiger partial charge in [-0.1, -0.05) is 13.8 Å². The van der Waals surface area contributed by atoms with E-state index in [1.54, 1.807) is 24.1 Å². The molecule has 1 heterocycles. The van der Waals surface area contributed by atoms with Crippen molar-refractivity contribution < 1.29 is 19.1 Å². The highest BCUT2D eigenvalue weighted by Gasteiger charge is 2.24. The van der Waals surface area contributed by atoms with Gasteiger partial charge in [-0.3, -0.25) is 9.59 Å². The first-order valence-electron chi connectivity index (χ1n) is 7.24. The van der Waals surface area contributed by atoms with Crippen molar-refractivity contribution in [3.63, 3.8) is 0 Å². The Hall–Kier alpha value is -1.82. The predicted molar refractivity (Wildman–Crippen MR) is 78.8 cm³/mol. The number of aliphatic hydroxyl groups excluding tert-OH is 1. The molecule has 0 fully saturated rings. The van der Waals surface area contributed by atoms with Crippen LogP contribution in [0.4, 0.5) is 0 Å². The van der Waals surface area contributed by atoms with E-state index in [2.05, 4.69) is 0 Å². The molecular formula is C15H24N2O4. The molecule has 2 amide bonds. The lowest BCUT2D eigenvalue weighted by molar-refractivity contribution is -0.134. The third kappa shape index (κ3) is 4.60. The van der Waals surface area contributed by atoms with Crippen molar-refractivity contribution in [2.45, 2.75) is 32.7 Å². The van der Waals surface area contributed by atoms with Crippen LogP contribution in [-0.4, -0.2) is 59.5 Å². The van der Waals surface area contributed by atoms with Gasteiger partial charge in [0.1, 0.15) is 0 Å². The molecule has 21 heavy (non-hydrogen) atoms. The molecule has 6 nitrogen and oxygen atoms in total. The molecule has 0 saturated carbocycles. The van der Waals surface area contributed by atoms with Gasteiger partial charge in [0.2, 0.25) is 5.91 Å². The number of likely N-dealkylation sites (N-methyl/N-ethyl adjacent to an activating group) is 1. The van der Waals surface area contributed by atoms with Crippen LogP contribution >= 0.6 is 0 Å². The first-order valence-corrected chi connectivity index (χ1v) is 7.24.